The molecule has 2 aromatic carbocycles. The predicted octanol–water partition coefficient (Wildman–Crippen LogP) is 2.51. The zero-order valence-corrected chi connectivity index (χ0v) is 13.3. The molecule has 0 aliphatic carbocycles. The van der Waals surface area contributed by atoms with E-state index >= 15 is 0 Å². The number of hydrogen-bond donors (Lipinski definition) is 1. The summed E-state index contributed by atoms with van der Waals surface area (Å²) in [6.45, 7) is 0.0629. The number of carbonyl (C=O) groups is 1. The molecule has 0 bridgehead atoms. The Morgan fingerprint density at radius 3 is 2.83 bits per heavy atom. The molecule has 122 valence electrons. The fraction of sp³-hybridized carbons (Fsp3) is 0.118. The Morgan fingerprint density at radius 1 is 1.25 bits per heavy atom. The Kier molecular flexibility index (Phi) is 4.57. The summed E-state index contributed by atoms with van der Waals surface area (Å²) in [6.07, 6.45) is 1.19. The normalized spacial score (nSPS) is 10.8. The lowest BCUT2D eigenvalue weighted by atomic mass is 10.2. The van der Waals surface area contributed by atoms with Gasteiger partial charge in [0.15, 0.2) is 0 Å². The van der Waals surface area contributed by atoms with E-state index in [-0.39, 0.29) is 29.6 Å². The molecule has 0 fully saturated rings. The van der Waals surface area contributed by atoms with E-state index < -0.39 is 5.82 Å². The van der Waals surface area contributed by atoms with Gasteiger partial charge in [0.25, 0.3) is 5.56 Å². The number of nitrogens with one attached hydrogen (secondary N) is 1. The van der Waals surface area contributed by atoms with E-state index in [2.05, 4.69) is 10.3 Å². The first kappa shape index (κ1) is 16.1. The topological polar surface area (TPSA) is 64.0 Å². The SMILES string of the molecule is O=C(Cn1c(=O)cnc2ccccc21)NCc1ccc(F)c(Cl)c1. The van der Waals surface area contributed by atoms with Crippen molar-refractivity contribution in [3.05, 3.63) is 75.4 Å². The molecule has 0 unspecified atom stereocenters. The van der Waals surface area contributed by atoms with Gasteiger partial charge in [-0.3, -0.25) is 14.2 Å². The molecule has 0 saturated heterocycles. The van der Waals surface area contributed by atoms with Crippen molar-refractivity contribution in [1.82, 2.24) is 14.9 Å². The van der Waals surface area contributed by atoms with E-state index in [1.165, 1.54) is 29.0 Å². The average molecular weight is 346 g/mol. The first-order chi connectivity index (χ1) is 11.5. The van der Waals surface area contributed by atoms with E-state index in [0.717, 1.165) is 0 Å². The Morgan fingerprint density at radius 2 is 2.04 bits per heavy atom. The first-order valence-electron chi connectivity index (χ1n) is 7.20. The maximum absolute atomic E-state index is 13.1. The van der Waals surface area contributed by atoms with Crippen LogP contribution in [-0.4, -0.2) is 15.5 Å². The maximum Gasteiger partial charge on any atom is 0.269 e. The summed E-state index contributed by atoms with van der Waals surface area (Å²) < 4.78 is 14.5. The standard InChI is InChI=1S/C17H13ClFN3O2/c18-12-7-11(5-6-13(12)19)8-21-16(23)10-22-15-4-2-1-3-14(15)20-9-17(22)24/h1-7,9H,8,10H2,(H,21,23). The number of carbonyl (C=O) groups excluding carboxylic acids is 1. The van der Waals surface area contributed by atoms with Crippen LogP contribution in [0, 0.1) is 5.82 Å². The highest BCUT2D eigenvalue weighted by atomic mass is 35.5. The number of amides is 1. The van der Waals surface area contributed by atoms with Gasteiger partial charge in [-0.15, -0.1) is 0 Å². The van der Waals surface area contributed by atoms with Crippen molar-refractivity contribution < 1.29 is 9.18 Å². The van der Waals surface area contributed by atoms with Crippen LogP contribution in [0.2, 0.25) is 5.02 Å². The van der Waals surface area contributed by atoms with Gasteiger partial charge in [0, 0.05) is 6.54 Å². The molecule has 7 heteroatoms. The van der Waals surface area contributed by atoms with Crippen LogP contribution in [0.25, 0.3) is 11.0 Å². The lowest BCUT2D eigenvalue weighted by molar-refractivity contribution is -0.121. The molecule has 1 amide bonds. The summed E-state index contributed by atoms with van der Waals surface area (Å²) in [5, 5.41) is 2.68. The minimum absolute atomic E-state index is 0.00176. The minimum atomic E-state index is -0.512. The fourth-order valence-corrected chi connectivity index (χ4v) is 2.53. The molecule has 5 nitrogen and oxygen atoms in total. The highest BCUT2D eigenvalue weighted by Gasteiger charge is 2.09. The van der Waals surface area contributed by atoms with Crippen molar-refractivity contribution >= 4 is 28.5 Å². The summed E-state index contributed by atoms with van der Waals surface area (Å²) in [7, 11) is 0. The molecule has 0 aliphatic heterocycles. The van der Waals surface area contributed by atoms with Crippen molar-refractivity contribution in [3.63, 3.8) is 0 Å². The summed E-state index contributed by atoms with van der Waals surface area (Å²) >= 11 is 5.70. The number of nitrogens with zero attached hydrogens (tertiary/aromatic N) is 2. The third kappa shape index (κ3) is 3.44. The van der Waals surface area contributed by atoms with Crippen LogP contribution in [0.3, 0.4) is 0 Å². The van der Waals surface area contributed by atoms with E-state index in [1.54, 1.807) is 18.2 Å². The molecular weight excluding hydrogens is 333 g/mol. The average Bonchev–Trinajstić information content (AvgIpc) is 2.58. The largest absolute Gasteiger partial charge is 0.350 e. The highest BCUT2D eigenvalue weighted by molar-refractivity contribution is 6.30. The van der Waals surface area contributed by atoms with Gasteiger partial charge in [-0.2, -0.15) is 0 Å². The molecule has 0 radical (unpaired) electrons. The molecule has 0 saturated carbocycles. The van der Waals surface area contributed by atoms with Gasteiger partial charge >= 0.3 is 0 Å². The van der Waals surface area contributed by atoms with E-state index in [0.29, 0.717) is 16.6 Å². The second-order valence-corrected chi connectivity index (χ2v) is 5.60. The molecule has 1 aromatic heterocycles. The highest BCUT2D eigenvalue weighted by Crippen LogP contribution is 2.15. The third-order valence-corrected chi connectivity index (χ3v) is 3.82. The molecular formula is C17H13ClFN3O2. The van der Waals surface area contributed by atoms with Crippen LogP contribution in [0.4, 0.5) is 4.39 Å². The third-order valence-electron chi connectivity index (χ3n) is 3.53. The van der Waals surface area contributed by atoms with Crippen LogP contribution in [0.5, 0.6) is 0 Å². The number of para-hydroxylation sites is 2. The number of hydrogen-bond acceptors (Lipinski definition) is 3. The van der Waals surface area contributed by atoms with Crippen LogP contribution in [0.1, 0.15) is 5.56 Å². The quantitative estimate of drug-likeness (QED) is 0.790. The lowest BCUT2D eigenvalue weighted by Gasteiger charge is -2.10. The molecule has 0 aliphatic rings. The van der Waals surface area contributed by atoms with Gasteiger partial charge in [0.2, 0.25) is 5.91 Å². The molecule has 1 N–H and O–H groups in total. The van der Waals surface area contributed by atoms with E-state index in [4.69, 9.17) is 11.6 Å². The molecule has 24 heavy (non-hydrogen) atoms. The summed E-state index contributed by atoms with van der Waals surface area (Å²) in [5.74, 6) is -0.851. The zero-order valence-electron chi connectivity index (χ0n) is 12.5. The summed E-state index contributed by atoms with van der Waals surface area (Å²) in [5.41, 5.74) is 1.54. The van der Waals surface area contributed by atoms with E-state index in [9.17, 15) is 14.0 Å². The predicted molar refractivity (Wildman–Crippen MR) is 89.3 cm³/mol. The Balaban J connectivity index is 1.74. The van der Waals surface area contributed by atoms with Gasteiger partial charge in [0.1, 0.15) is 12.4 Å². The van der Waals surface area contributed by atoms with Crippen LogP contribution >= 0.6 is 11.6 Å². The van der Waals surface area contributed by atoms with Gasteiger partial charge in [-0.25, -0.2) is 9.37 Å². The summed E-state index contributed by atoms with van der Waals surface area (Å²) in [4.78, 5) is 28.2. The number of aromatic nitrogens is 2. The zero-order chi connectivity index (χ0) is 17.1. The second-order valence-electron chi connectivity index (χ2n) is 5.20. The molecule has 1 heterocycles. The van der Waals surface area contributed by atoms with Crippen molar-refractivity contribution in [2.24, 2.45) is 0 Å². The Hall–Kier alpha value is -2.73. The van der Waals surface area contributed by atoms with Crippen molar-refractivity contribution in [3.8, 4) is 0 Å². The van der Waals surface area contributed by atoms with E-state index in [1.807, 2.05) is 6.07 Å². The van der Waals surface area contributed by atoms with Gasteiger partial charge in [-0.1, -0.05) is 29.8 Å². The lowest BCUT2D eigenvalue weighted by Crippen LogP contribution is -2.32. The molecule has 0 spiro atoms. The summed E-state index contributed by atoms with van der Waals surface area (Å²) in [6, 6.07) is 11.3. The monoisotopic (exact) mass is 345 g/mol. The fourth-order valence-electron chi connectivity index (χ4n) is 2.33. The number of rotatable bonds is 4. The van der Waals surface area contributed by atoms with Crippen molar-refractivity contribution in [2.45, 2.75) is 13.1 Å². The van der Waals surface area contributed by atoms with Crippen molar-refractivity contribution in [2.75, 3.05) is 0 Å². The van der Waals surface area contributed by atoms with Crippen LogP contribution in [0.15, 0.2) is 53.5 Å². The van der Waals surface area contributed by atoms with Gasteiger partial charge in [-0.05, 0) is 29.8 Å². The van der Waals surface area contributed by atoms with Crippen LogP contribution in [-0.2, 0) is 17.9 Å². The van der Waals surface area contributed by atoms with Gasteiger partial charge < -0.3 is 5.32 Å². The smallest absolute Gasteiger partial charge is 0.269 e. The second kappa shape index (κ2) is 6.80. The number of halogens is 2. The Labute approximate surface area is 141 Å². The van der Waals surface area contributed by atoms with Gasteiger partial charge in [0.05, 0.1) is 22.3 Å². The number of benzene rings is 2. The number of fused-ring (bicyclic) bond motifs is 1. The Bertz CT molecular complexity index is 971. The maximum atomic E-state index is 13.1. The molecule has 3 rings (SSSR count). The first-order valence-corrected chi connectivity index (χ1v) is 7.57. The molecule has 3 aromatic rings. The molecule has 0 atom stereocenters. The van der Waals surface area contributed by atoms with Crippen molar-refractivity contribution in [1.29, 1.82) is 0 Å². The minimum Gasteiger partial charge on any atom is -0.350 e. The van der Waals surface area contributed by atoms with Crippen LogP contribution < -0.4 is 10.9 Å².